The van der Waals surface area contributed by atoms with Crippen LogP contribution in [0.3, 0.4) is 0 Å². The molecule has 1 aliphatic rings. The lowest BCUT2D eigenvalue weighted by Crippen LogP contribution is -2.38. The van der Waals surface area contributed by atoms with Crippen LogP contribution >= 0.6 is 11.6 Å². The summed E-state index contributed by atoms with van der Waals surface area (Å²) in [6.07, 6.45) is 6.61. The molecule has 0 atom stereocenters. The van der Waals surface area contributed by atoms with Gasteiger partial charge in [0, 0.05) is 13.1 Å². The molecule has 0 aliphatic carbocycles. The van der Waals surface area contributed by atoms with Gasteiger partial charge in [-0.2, -0.15) is 0 Å². The molecular formula is C17H22ClNO. The predicted molar refractivity (Wildman–Crippen MR) is 85.0 cm³/mol. The second-order valence-corrected chi connectivity index (χ2v) is 5.78. The van der Waals surface area contributed by atoms with Gasteiger partial charge in [0.2, 0.25) is 5.91 Å². The molecule has 3 heteroatoms. The first-order valence-electron chi connectivity index (χ1n) is 7.20. The number of alkyl halides is 1. The second-order valence-electron chi connectivity index (χ2n) is 5.52. The fourth-order valence-corrected chi connectivity index (χ4v) is 2.92. The van der Waals surface area contributed by atoms with Crippen molar-refractivity contribution in [2.45, 2.75) is 26.7 Å². The molecular weight excluding hydrogens is 270 g/mol. The number of aryl methyl sites for hydroxylation is 2. The Morgan fingerprint density at radius 1 is 1.30 bits per heavy atom. The first-order valence-corrected chi connectivity index (χ1v) is 7.73. The minimum absolute atomic E-state index is 0.0591. The Morgan fingerprint density at radius 3 is 2.45 bits per heavy atom. The molecule has 1 amide bonds. The standard InChI is InChI=1S/C17H22ClNO/c1-13-4-3-5-14(2)16(13)7-6-15-8-10-19(11-9-15)17(20)12-18/h3-7,15H,8-12H2,1-2H3. The highest BCUT2D eigenvalue weighted by molar-refractivity contribution is 6.27. The summed E-state index contributed by atoms with van der Waals surface area (Å²) in [7, 11) is 0. The highest BCUT2D eigenvalue weighted by Gasteiger charge is 2.20. The van der Waals surface area contributed by atoms with Crippen LogP contribution in [0.15, 0.2) is 24.3 Å². The first-order chi connectivity index (χ1) is 9.61. The molecule has 108 valence electrons. The summed E-state index contributed by atoms with van der Waals surface area (Å²) in [5, 5.41) is 0. The number of hydrogen-bond donors (Lipinski definition) is 0. The third-order valence-electron chi connectivity index (χ3n) is 4.08. The van der Waals surface area contributed by atoms with E-state index in [-0.39, 0.29) is 11.8 Å². The molecule has 1 fully saturated rings. The number of rotatable bonds is 3. The molecule has 0 aromatic heterocycles. The van der Waals surface area contributed by atoms with E-state index in [0.29, 0.717) is 5.92 Å². The van der Waals surface area contributed by atoms with Crippen molar-refractivity contribution in [2.24, 2.45) is 5.92 Å². The Kier molecular flexibility index (Phi) is 5.24. The lowest BCUT2D eigenvalue weighted by atomic mass is 9.94. The van der Waals surface area contributed by atoms with E-state index in [4.69, 9.17) is 11.6 Å². The molecule has 1 saturated heterocycles. The van der Waals surface area contributed by atoms with Crippen LogP contribution in [-0.4, -0.2) is 29.8 Å². The van der Waals surface area contributed by atoms with Gasteiger partial charge in [-0.15, -0.1) is 11.6 Å². The number of carbonyl (C=O) groups excluding carboxylic acids is 1. The number of piperidine rings is 1. The van der Waals surface area contributed by atoms with Gasteiger partial charge in [0.05, 0.1) is 0 Å². The summed E-state index contributed by atoms with van der Waals surface area (Å²) in [6, 6.07) is 6.39. The number of benzene rings is 1. The lowest BCUT2D eigenvalue weighted by molar-refractivity contribution is -0.129. The van der Waals surface area contributed by atoms with Gasteiger partial charge in [-0.25, -0.2) is 0 Å². The lowest BCUT2D eigenvalue weighted by Gasteiger charge is -2.30. The largest absolute Gasteiger partial charge is 0.342 e. The molecule has 1 aromatic rings. The van der Waals surface area contributed by atoms with E-state index in [1.165, 1.54) is 16.7 Å². The van der Waals surface area contributed by atoms with Crippen molar-refractivity contribution in [1.29, 1.82) is 0 Å². The quantitative estimate of drug-likeness (QED) is 0.776. The smallest absolute Gasteiger partial charge is 0.237 e. The number of likely N-dealkylation sites (tertiary alicyclic amines) is 1. The van der Waals surface area contributed by atoms with Crippen LogP contribution in [0.4, 0.5) is 0 Å². The van der Waals surface area contributed by atoms with Gasteiger partial charge in [0.25, 0.3) is 0 Å². The maximum atomic E-state index is 11.5. The maximum absolute atomic E-state index is 11.5. The van der Waals surface area contributed by atoms with E-state index in [9.17, 15) is 4.79 Å². The number of halogens is 1. The number of carbonyl (C=O) groups is 1. The Morgan fingerprint density at radius 2 is 1.90 bits per heavy atom. The van der Waals surface area contributed by atoms with E-state index in [2.05, 4.69) is 44.2 Å². The molecule has 1 aliphatic heterocycles. The monoisotopic (exact) mass is 291 g/mol. The van der Waals surface area contributed by atoms with Crippen LogP contribution in [0, 0.1) is 19.8 Å². The minimum Gasteiger partial charge on any atom is -0.342 e. The second kappa shape index (κ2) is 6.94. The molecule has 2 nitrogen and oxygen atoms in total. The molecule has 0 bridgehead atoms. The molecule has 0 spiro atoms. The summed E-state index contributed by atoms with van der Waals surface area (Å²) >= 11 is 5.59. The molecule has 0 saturated carbocycles. The van der Waals surface area contributed by atoms with Crippen molar-refractivity contribution in [3.8, 4) is 0 Å². The SMILES string of the molecule is Cc1cccc(C)c1C=CC1CCN(C(=O)CCl)CC1. The van der Waals surface area contributed by atoms with E-state index in [1.807, 2.05) is 4.90 Å². The number of hydrogen-bond acceptors (Lipinski definition) is 1. The fourth-order valence-electron chi connectivity index (χ4n) is 2.75. The Balaban J connectivity index is 1.96. The zero-order valence-corrected chi connectivity index (χ0v) is 13.0. The zero-order chi connectivity index (χ0) is 14.5. The topological polar surface area (TPSA) is 20.3 Å². The van der Waals surface area contributed by atoms with Gasteiger partial charge in [-0.1, -0.05) is 30.4 Å². The zero-order valence-electron chi connectivity index (χ0n) is 12.2. The molecule has 0 N–H and O–H groups in total. The molecule has 2 rings (SSSR count). The summed E-state index contributed by atoms with van der Waals surface area (Å²) in [6.45, 7) is 5.95. The maximum Gasteiger partial charge on any atom is 0.237 e. The first kappa shape index (κ1) is 15.1. The Labute approximate surface area is 126 Å². The van der Waals surface area contributed by atoms with Crippen molar-refractivity contribution in [3.63, 3.8) is 0 Å². The van der Waals surface area contributed by atoms with Gasteiger partial charge in [0.1, 0.15) is 5.88 Å². The van der Waals surface area contributed by atoms with Crippen molar-refractivity contribution < 1.29 is 4.79 Å². The van der Waals surface area contributed by atoms with E-state index in [0.717, 1.165) is 25.9 Å². The number of nitrogens with zero attached hydrogens (tertiary/aromatic N) is 1. The van der Waals surface area contributed by atoms with Crippen molar-refractivity contribution in [2.75, 3.05) is 19.0 Å². The summed E-state index contributed by atoms with van der Waals surface area (Å²) in [4.78, 5) is 13.4. The third kappa shape index (κ3) is 3.63. The fraction of sp³-hybridized carbons (Fsp3) is 0.471. The van der Waals surface area contributed by atoms with Crippen LogP contribution < -0.4 is 0 Å². The highest BCUT2D eigenvalue weighted by Crippen LogP contribution is 2.22. The molecule has 1 heterocycles. The number of allylic oxidation sites excluding steroid dienone is 1. The van der Waals surface area contributed by atoms with Gasteiger partial charge in [-0.05, 0) is 49.3 Å². The van der Waals surface area contributed by atoms with Crippen LogP contribution in [0.5, 0.6) is 0 Å². The average molecular weight is 292 g/mol. The van der Waals surface area contributed by atoms with Crippen molar-refractivity contribution in [3.05, 3.63) is 41.0 Å². The predicted octanol–water partition coefficient (Wildman–Crippen LogP) is 3.79. The normalized spacial score (nSPS) is 16.9. The highest BCUT2D eigenvalue weighted by atomic mass is 35.5. The third-order valence-corrected chi connectivity index (χ3v) is 4.31. The van der Waals surface area contributed by atoms with Crippen LogP contribution in [0.1, 0.15) is 29.5 Å². The van der Waals surface area contributed by atoms with Crippen LogP contribution in [0.2, 0.25) is 0 Å². The average Bonchev–Trinajstić information content (AvgIpc) is 2.46. The van der Waals surface area contributed by atoms with Crippen molar-refractivity contribution in [1.82, 2.24) is 4.90 Å². The summed E-state index contributed by atoms with van der Waals surface area (Å²) < 4.78 is 0. The van der Waals surface area contributed by atoms with E-state index < -0.39 is 0 Å². The van der Waals surface area contributed by atoms with Gasteiger partial charge >= 0.3 is 0 Å². The Hall–Kier alpha value is -1.28. The number of amides is 1. The van der Waals surface area contributed by atoms with E-state index >= 15 is 0 Å². The molecule has 0 radical (unpaired) electrons. The van der Waals surface area contributed by atoms with E-state index in [1.54, 1.807) is 0 Å². The Bertz CT molecular complexity index is 481. The molecule has 1 aromatic carbocycles. The van der Waals surface area contributed by atoms with Crippen LogP contribution in [-0.2, 0) is 4.79 Å². The molecule has 20 heavy (non-hydrogen) atoms. The van der Waals surface area contributed by atoms with Crippen molar-refractivity contribution >= 4 is 23.6 Å². The van der Waals surface area contributed by atoms with Gasteiger partial charge in [0.15, 0.2) is 0 Å². The van der Waals surface area contributed by atoms with Gasteiger partial charge < -0.3 is 4.90 Å². The summed E-state index contributed by atoms with van der Waals surface area (Å²) in [5.74, 6) is 0.723. The summed E-state index contributed by atoms with van der Waals surface area (Å²) in [5.41, 5.74) is 3.96. The minimum atomic E-state index is 0.0591. The molecule has 0 unspecified atom stereocenters. The van der Waals surface area contributed by atoms with Crippen LogP contribution in [0.25, 0.3) is 6.08 Å². The van der Waals surface area contributed by atoms with Gasteiger partial charge in [-0.3, -0.25) is 4.79 Å².